The Labute approximate surface area is 122 Å². The molecule has 1 atom stereocenters. The molecule has 0 amide bonds. The van der Waals surface area contributed by atoms with E-state index in [1.807, 2.05) is 6.07 Å². The lowest BCUT2D eigenvalue weighted by Crippen LogP contribution is -2.06. The van der Waals surface area contributed by atoms with Crippen molar-refractivity contribution in [2.75, 3.05) is 5.88 Å². The molecule has 19 heavy (non-hydrogen) atoms. The van der Waals surface area contributed by atoms with Crippen LogP contribution in [0, 0.1) is 11.7 Å². The summed E-state index contributed by atoms with van der Waals surface area (Å²) in [5.41, 5.74) is 1.07. The molecule has 0 saturated heterocycles. The molecule has 0 bridgehead atoms. The van der Waals surface area contributed by atoms with Crippen molar-refractivity contribution in [2.45, 2.75) is 58.3 Å². The highest BCUT2D eigenvalue weighted by Crippen LogP contribution is 2.19. The third kappa shape index (κ3) is 7.57. The van der Waals surface area contributed by atoms with Gasteiger partial charge in [-0.2, -0.15) is 0 Å². The second kappa shape index (κ2) is 10.3. The minimum absolute atomic E-state index is 0.148. The fourth-order valence-electron chi connectivity index (χ4n) is 2.44. The largest absolute Gasteiger partial charge is 0.207 e. The summed E-state index contributed by atoms with van der Waals surface area (Å²) in [5.74, 6) is 1.01. The maximum atomic E-state index is 13.1. The van der Waals surface area contributed by atoms with Gasteiger partial charge in [0.25, 0.3) is 0 Å². The summed E-state index contributed by atoms with van der Waals surface area (Å²) in [6, 6.07) is 6.89. The van der Waals surface area contributed by atoms with Gasteiger partial charge in [-0.3, -0.25) is 0 Å². The smallest absolute Gasteiger partial charge is 0.123 e. The highest BCUT2D eigenvalue weighted by molar-refractivity contribution is 6.18. The first-order valence-corrected chi connectivity index (χ1v) is 8.10. The molecule has 0 fully saturated rings. The molecule has 0 nitrogen and oxygen atoms in total. The van der Waals surface area contributed by atoms with Gasteiger partial charge in [-0.25, -0.2) is 4.39 Å². The molecule has 108 valence electrons. The number of benzene rings is 1. The van der Waals surface area contributed by atoms with Crippen molar-refractivity contribution in [2.24, 2.45) is 5.92 Å². The molecule has 0 heterocycles. The van der Waals surface area contributed by atoms with Crippen molar-refractivity contribution in [3.8, 4) is 0 Å². The van der Waals surface area contributed by atoms with Gasteiger partial charge in [0.05, 0.1) is 0 Å². The lowest BCUT2D eigenvalue weighted by Gasteiger charge is -2.13. The quantitative estimate of drug-likeness (QED) is 0.366. The predicted octanol–water partition coefficient (Wildman–Crippen LogP) is 5.97. The van der Waals surface area contributed by atoms with Gasteiger partial charge in [0.2, 0.25) is 0 Å². The molecule has 1 rings (SSSR count). The summed E-state index contributed by atoms with van der Waals surface area (Å²) in [4.78, 5) is 0. The highest BCUT2D eigenvalue weighted by atomic mass is 35.5. The number of rotatable bonds is 10. The number of hydrogen-bond donors (Lipinski definition) is 0. The van der Waals surface area contributed by atoms with Gasteiger partial charge in [0.15, 0.2) is 0 Å². The predicted molar refractivity (Wildman–Crippen MR) is 82.3 cm³/mol. The van der Waals surface area contributed by atoms with Crippen LogP contribution in [0.15, 0.2) is 24.3 Å². The first-order chi connectivity index (χ1) is 9.26. The Balaban J connectivity index is 2.22. The molecule has 2 heteroatoms. The fourth-order valence-corrected chi connectivity index (χ4v) is 2.71. The Morgan fingerprint density at radius 2 is 1.84 bits per heavy atom. The topological polar surface area (TPSA) is 0 Å². The van der Waals surface area contributed by atoms with Crippen LogP contribution < -0.4 is 0 Å². The Kier molecular flexibility index (Phi) is 8.90. The normalized spacial score (nSPS) is 12.6. The molecule has 0 aliphatic rings. The van der Waals surface area contributed by atoms with Crippen LogP contribution in [-0.2, 0) is 6.42 Å². The standard InChI is InChI=1S/C17H26ClF/c1-2-3-4-5-6-7-9-16(14-18)12-15-10-8-11-17(19)13-15/h8,10-11,13,16H,2-7,9,12,14H2,1H3. The fraction of sp³-hybridized carbons (Fsp3) is 0.647. The zero-order valence-corrected chi connectivity index (χ0v) is 12.8. The Hall–Kier alpha value is -0.560. The number of hydrogen-bond acceptors (Lipinski definition) is 0. The van der Waals surface area contributed by atoms with Crippen LogP contribution in [0.4, 0.5) is 4.39 Å². The lowest BCUT2D eigenvalue weighted by molar-refractivity contribution is 0.484. The van der Waals surface area contributed by atoms with Crippen molar-refractivity contribution in [1.82, 2.24) is 0 Å². The highest BCUT2D eigenvalue weighted by Gasteiger charge is 2.08. The average Bonchev–Trinajstić information content (AvgIpc) is 2.41. The number of alkyl halides is 1. The average molecular weight is 285 g/mol. The maximum Gasteiger partial charge on any atom is 0.123 e. The minimum Gasteiger partial charge on any atom is -0.207 e. The van der Waals surface area contributed by atoms with Crippen molar-refractivity contribution in [3.05, 3.63) is 35.6 Å². The summed E-state index contributed by atoms with van der Waals surface area (Å²) in [5, 5.41) is 0. The van der Waals surface area contributed by atoms with E-state index in [-0.39, 0.29) is 5.82 Å². The lowest BCUT2D eigenvalue weighted by atomic mass is 9.95. The molecule has 0 spiro atoms. The van der Waals surface area contributed by atoms with Gasteiger partial charge in [0.1, 0.15) is 5.82 Å². The molecular weight excluding hydrogens is 259 g/mol. The Morgan fingerprint density at radius 3 is 2.53 bits per heavy atom. The van der Waals surface area contributed by atoms with E-state index in [2.05, 4.69) is 6.92 Å². The molecule has 1 unspecified atom stereocenters. The first kappa shape index (κ1) is 16.5. The van der Waals surface area contributed by atoms with E-state index in [1.165, 1.54) is 44.6 Å². The Morgan fingerprint density at radius 1 is 1.11 bits per heavy atom. The van der Waals surface area contributed by atoms with E-state index >= 15 is 0 Å². The maximum absolute atomic E-state index is 13.1. The molecule has 0 aliphatic carbocycles. The summed E-state index contributed by atoms with van der Waals surface area (Å²) < 4.78 is 13.1. The van der Waals surface area contributed by atoms with Crippen molar-refractivity contribution in [1.29, 1.82) is 0 Å². The van der Waals surface area contributed by atoms with Crippen LogP contribution in [-0.4, -0.2) is 5.88 Å². The summed E-state index contributed by atoms with van der Waals surface area (Å²) in [6.07, 6.45) is 9.94. The summed E-state index contributed by atoms with van der Waals surface area (Å²) in [7, 11) is 0. The number of unbranched alkanes of at least 4 members (excludes halogenated alkanes) is 5. The van der Waals surface area contributed by atoms with Gasteiger partial charge in [-0.15, -0.1) is 11.6 Å². The molecule has 1 aromatic rings. The van der Waals surface area contributed by atoms with E-state index < -0.39 is 0 Å². The van der Waals surface area contributed by atoms with Crippen LogP contribution in [0.1, 0.15) is 57.4 Å². The van der Waals surface area contributed by atoms with Crippen LogP contribution >= 0.6 is 11.6 Å². The second-order valence-corrected chi connectivity index (χ2v) is 5.72. The molecule has 0 aromatic heterocycles. The van der Waals surface area contributed by atoms with Crippen molar-refractivity contribution >= 4 is 11.6 Å². The molecule has 0 aliphatic heterocycles. The van der Waals surface area contributed by atoms with E-state index in [0.29, 0.717) is 11.8 Å². The van der Waals surface area contributed by atoms with Crippen LogP contribution in [0.2, 0.25) is 0 Å². The Bertz CT molecular complexity index is 338. The second-order valence-electron chi connectivity index (χ2n) is 5.41. The van der Waals surface area contributed by atoms with E-state index in [0.717, 1.165) is 18.4 Å². The molecule has 0 saturated carbocycles. The van der Waals surface area contributed by atoms with Crippen LogP contribution in [0.25, 0.3) is 0 Å². The summed E-state index contributed by atoms with van der Waals surface area (Å²) in [6.45, 7) is 2.24. The molecule has 0 N–H and O–H groups in total. The van der Waals surface area contributed by atoms with E-state index in [4.69, 9.17) is 11.6 Å². The minimum atomic E-state index is -0.148. The molecule has 0 radical (unpaired) electrons. The first-order valence-electron chi connectivity index (χ1n) is 7.56. The van der Waals surface area contributed by atoms with Crippen LogP contribution in [0.5, 0.6) is 0 Å². The number of halogens is 2. The zero-order valence-electron chi connectivity index (χ0n) is 12.0. The zero-order chi connectivity index (χ0) is 13.9. The van der Waals surface area contributed by atoms with Gasteiger partial charge in [0, 0.05) is 5.88 Å². The van der Waals surface area contributed by atoms with Gasteiger partial charge in [-0.1, -0.05) is 57.6 Å². The van der Waals surface area contributed by atoms with E-state index in [9.17, 15) is 4.39 Å². The van der Waals surface area contributed by atoms with Gasteiger partial charge >= 0.3 is 0 Å². The van der Waals surface area contributed by atoms with E-state index in [1.54, 1.807) is 12.1 Å². The monoisotopic (exact) mass is 284 g/mol. The van der Waals surface area contributed by atoms with Crippen LogP contribution in [0.3, 0.4) is 0 Å². The van der Waals surface area contributed by atoms with Crippen molar-refractivity contribution < 1.29 is 4.39 Å². The van der Waals surface area contributed by atoms with Gasteiger partial charge in [-0.05, 0) is 36.5 Å². The van der Waals surface area contributed by atoms with Gasteiger partial charge < -0.3 is 0 Å². The molecule has 1 aromatic carbocycles. The molecular formula is C17H26ClF. The third-order valence-electron chi connectivity index (χ3n) is 3.60. The summed E-state index contributed by atoms with van der Waals surface area (Å²) >= 11 is 6.03. The third-order valence-corrected chi connectivity index (χ3v) is 4.03. The van der Waals surface area contributed by atoms with Crippen molar-refractivity contribution in [3.63, 3.8) is 0 Å². The SMILES string of the molecule is CCCCCCCCC(CCl)Cc1cccc(F)c1.